The Morgan fingerprint density at radius 1 is 1.17 bits per heavy atom. The molecule has 0 aliphatic carbocycles. The van der Waals surface area contributed by atoms with Crippen molar-refractivity contribution in [3.8, 4) is 11.3 Å². The second-order valence-electron chi connectivity index (χ2n) is 4.37. The van der Waals surface area contributed by atoms with E-state index in [4.69, 9.17) is 0 Å². The number of hydrogen-bond acceptors (Lipinski definition) is 2. The van der Waals surface area contributed by atoms with E-state index in [9.17, 15) is 4.79 Å². The highest BCUT2D eigenvalue weighted by atomic mass is 16.1. The number of carbonyl (C=O) groups excluding carboxylic acids is 1. The molecule has 92 valence electrons. The van der Waals surface area contributed by atoms with Gasteiger partial charge < -0.3 is 0 Å². The minimum atomic E-state index is 0.516. The van der Waals surface area contributed by atoms with Crippen LogP contribution in [-0.2, 0) is 6.42 Å². The standard InChI is InChI=1S/C16H17NO/c1-2-3-7-13-10-15(12-18)17-16(11-13)14-8-5-4-6-9-14/h4-6,8-12H,2-3,7H2,1H3. The van der Waals surface area contributed by atoms with Crippen LogP contribution in [0.3, 0.4) is 0 Å². The van der Waals surface area contributed by atoms with Crippen LogP contribution in [0, 0.1) is 0 Å². The van der Waals surface area contributed by atoms with E-state index in [0.29, 0.717) is 5.69 Å². The highest BCUT2D eigenvalue weighted by Gasteiger charge is 2.04. The molecule has 2 rings (SSSR count). The highest BCUT2D eigenvalue weighted by molar-refractivity contribution is 5.74. The molecule has 0 spiro atoms. The fourth-order valence-electron chi connectivity index (χ4n) is 1.95. The summed E-state index contributed by atoms with van der Waals surface area (Å²) in [4.78, 5) is 15.3. The lowest BCUT2D eigenvalue weighted by Gasteiger charge is -2.06. The van der Waals surface area contributed by atoms with E-state index in [1.165, 1.54) is 5.56 Å². The molecule has 0 saturated heterocycles. The molecule has 2 heteroatoms. The number of aldehydes is 1. The van der Waals surface area contributed by atoms with Gasteiger partial charge in [0, 0.05) is 5.56 Å². The van der Waals surface area contributed by atoms with E-state index in [-0.39, 0.29) is 0 Å². The second-order valence-corrected chi connectivity index (χ2v) is 4.37. The van der Waals surface area contributed by atoms with Gasteiger partial charge in [-0.15, -0.1) is 0 Å². The van der Waals surface area contributed by atoms with Gasteiger partial charge in [0.25, 0.3) is 0 Å². The molecule has 0 unspecified atom stereocenters. The molecule has 0 radical (unpaired) electrons. The lowest BCUT2D eigenvalue weighted by molar-refractivity contribution is 0.111. The largest absolute Gasteiger partial charge is 0.296 e. The number of unbranched alkanes of at least 4 members (excludes halogenated alkanes) is 1. The van der Waals surface area contributed by atoms with Crippen LogP contribution in [0.25, 0.3) is 11.3 Å². The Kier molecular flexibility index (Phi) is 4.24. The molecule has 1 aromatic carbocycles. The number of hydrogen-bond donors (Lipinski definition) is 0. The lowest BCUT2D eigenvalue weighted by atomic mass is 10.0. The molecule has 18 heavy (non-hydrogen) atoms. The molecular weight excluding hydrogens is 222 g/mol. The Morgan fingerprint density at radius 3 is 2.61 bits per heavy atom. The molecule has 0 N–H and O–H groups in total. The van der Waals surface area contributed by atoms with Gasteiger partial charge in [-0.05, 0) is 30.5 Å². The number of rotatable bonds is 5. The Balaban J connectivity index is 2.38. The fourth-order valence-corrected chi connectivity index (χ4v) is 1.95. The third kappa shape index (κ3) is 3.04. The Labute approximate surface area is 108 Å². The first-order chi connectivity index (χ1) is 8.83. The Hall–Kier alpha value is -1.96. The van der Waals surface area contributed by atoms with Crippen molar-refractivity contribution >= 4 is 6.29 Å². The maximum Gasteiger partial charge on any atom is 0.168 e. The average Bonchev–Trinajstić information content (AvgIpc) is 2.45. The summed E-state index contributed by atoms with van der Waals surface area (Å²) in [6.45, 7) is 2.17. The second kappa shape index (κ2) is 6.10. The monoisotopic (exact) mass is 239 g/mol. The quantitative estimate of drug-likeness (QED) is 0.740. The van der Waals surface area contributed by atoms with Gasteiger partial charge >= 0.3 is 0 Å². The number of nitrogens with zero attached hydrogens (tertiary/aromatic N) is 1. The van der Waals surface area contributed by atoms with Gasteiger partial charge in [0.15, 0.2) is 6.29 Å². The van der Waals surface area contributed by atoms with Crippen molar-refractivity contribution in [1.82, 2.24) is 4.98 Å². The van der Waals surface area contributed by atoms with Crippen LogP contribution in [0.5, 0.6) is 0 Å². The van der Waals surface area contributed by atoms with E-state index < -0.39 is 0 Å². The molecule has 0 fully saturated rings. The zero-order valence-electron chi connectivity index (χ0n) is 10.6. The van der Waals surface area contributed by atoms with Crippen LogP contribution >= 0.6 is 0 Å². The molecule has 2 aromatic rings. The van der Waals surface area contributed by atoms with Crippen molar-refractivity contribution in [3.63, 3.8) is 0 Å². The van der Waals surface area contributed by atoms with Gasteiger partial charge in [0.1, 0.15) is 5.69 Å². The maximum atomic E-state index is 11.0. The number of benzene rings is 1. The molecule has 2 nitrogen and oxygen atoms in total. The first-order valence-corrected chi connectivity index (χ1v) is 6.35. The smallest absolute Gasteiger partial charge is 0.168 e. The topological polar surface area (TPSA) is 30.0 Å². The van der Waals surface area contributed by atoms with Crippen LogP contribution in [0.1, 0.15) is 35.8 Å². The van der Waals surface area contributed by atoms with Crippen LogP contribution in [0.15, 0.2) is 42.5 Å². The van der Waals surface area contributed by atoms with E-state index >= 15 is 0 Å². The van der Waals surface area contributed by atoms with Crippen molar-refractivity contribution in [2.45, 2.75) is 26.2 Å². The summed E-state index contributed by atoms with van der Waals surface area (Å²) in [5.41, 5.74) is 3.64. The Morgan fingerprint density at radius 2 is 1.94 bits per heavy atom. The number of pyridine rings is 1. The number of carbonyl (C=O) groups is 1. The highest BCUT2D eigenvalue weighted by Crippen LogP contribution is 2.19. The van der Waals surface area contributed by atoms with Gasteiger partial charge in [-0.2, -0.15) is 0 Å². The van der Waals surface area contributed by atoms with E-state index in [1.54, 1.807) is 0 Å². The zero-order chi connectivity index (χ0) is 12.8. The third-order valence-electron chi connectivity index (χ3n) is 2.91. The molecule has 0 atom stereocenters. The van der Waals surface area contributed by atoms with Gasteiger partial charge in [-0.1, -0.05) is 43.7 Å². The van der Waals surface area contributed by atoms with Crippen molar-refractivity contribution in [2.24, 2.45) is 0 Å². The first kappa shape index (κ1) is 12.5. The number of aryl methyl sites for hydroxylation is 1. The third-order valence-corrected chi connectivity index (χ3v) is 2.91. The minimum absolute atomic E-state index is 0.516. The molecule has 0 amide bonds. The zero-order valence-corrected chi connectivity index (χ0v) is 10.6. The van der Waals surface area contributed by atoms with Gasteiger partial charge in [-0.3, -0.25) is 4.79 Å². The van der Waals surface area contributed by atoms with Crippen molar-refractivity contribution < 1.29 is 4.79 Å². The maximum absolute atomic E-state index is 11.0. The van der Waals surface area contributed by atoms with Gasteiger partial charge in [0.2, 0.25) is 0 Å². The molecular formula is C16H17NO. The van der Waals surface area contributed by atoms with Gasteiger partial charge in [-0.25, -0.2) is 4.98 Å². The van der Waals surface area contributed by atoms with Crippen LogP contribution in [0.2, 0.25) is 0 Å². The fraction of sp³-hybridized carbons (Fsp3) is 0.250. The first-order valence-electron chi connectivity index (χ1n) is 6.35. The van der Waals surface area contributed by atoms with E-state index in [2.05, 4.69) is 18.0 Å². The van der Waals surface area contributed by atoms with Crippen LogP contribution in [0.4, 0.5) is 0 Å². The summed E-state index contributed by atoms with van der Waals surface area (Å²) in [7, 11) is 0. The molecule has 1 aromatic heterocycles. The van der Waals surface area contributed by atoms with E-state index in [0.717, 1.165) is 36.8 Å². The van der Waals surface area contributed by atoms with Crippen LogP contribution in [-0.4, -0.2) is 11.3 Å². The molecule has 0 bridgehead atoms. The summed E-state index contributed by atoms with van der Waals surface area (Å²) in [6, 6.07) is 13.9. The normalized spacial score (nSPS) is 10.3. The van der Waals surface area contributed by atoms with Crippen molar-refractivity contribution in [3.05, 3.63) is 53.7 Å². The summed E-state index contributed by atoms with van der Waals surface area (Å²) in [5.74, 6) is 0. The summed E-state index contributed by atoms with van der Waals surface area (Å²) < 4.78 is 0. The minimum Gasteiger partial charge on any atom is -0.296 e. The van der Waals surface area contributed by atoms with E-state index in [1.807, 2.05) is 36.4 Å². The van der Waals surface area contributed by atoms with Crippen molar-refractivity contribution in [2.75, 3.05) is 0 Å². The summed E-state index contributed by atoms with van der Waals surface area (Å²) in [6.07, 6.45) is 4.11. The van der Waals surface area contributed by atoms with Crippen LogP contribution < -0.4 is 0 Å². The number of aromatic nitrogens is 1. The molecule has 0 saturated carbocycles. The summed E-state index contributed by atoms with van der Waals surface area (Å²) in [5, 5.41) is 0. The van der Waals surface area contributed by atoms with Gasteiger partial charge in [0.05, 0.1) is 5.69 Å². The molecule has 0 aliphatic rings. The molecule has 1 heterocycles. The Bertz CT molecular complexity index is 520. The molecule has 0 aliphatic heterocycles. The predicted octanol–water partition coefficient (Wildman–Crippen LogP) is 3.90. The van der Waals surface area contributed by atoms with Crippen molar-refractivity contribution in [1.29, 1.82) is 0 Å². The summed E-state index contributed by atoms with van der Waals surface area (Å²) >= 11 is 0. The predicted molar refractivity (Wildman–Crippen MR) is 73.7 cm³/mol. The average molecular weight is 239 g/mol. The SMILES string of the molecule is CCCCc1cc(C=O)nc(-c2ccccc2)c1. The lowest BCUT2D eigenvalue weighted by Crippen LogP contribution is -1.95.